The third-order valence-electron chi connectivity index (χ3n) is 3.11. The van der Waals surface area contributed by atoms with Crippen LogP contribution in [0.3, 0.4) is 0 Å². The summed E-state index contributed by atoms with van der Waals surface area (Å²) >= 11 is 0. The van der Waals surface area contributed by atoms with E-state index < -0.39 is 11.7 Å². The average molecular weight is 329 g/mol. The van der Waals surface area contributed by atoms with Crippen LogP contribution in [-0.2, 0) is 12.7 Å². The Bertz CT molecular complexity index is 666. The molecule has 126 valence electrons. The van der Waals surface area contributed by atoms with Crippen LogP contribution in [0.1, 0.15) is 11.3 Å². The molecule has 23 heavy (non-hydrogen) atoms. The number of hydrogen-bond donors (Lipinski definition) is 3. The van der Waals surface area contributed by atoms with Crippen molar-refractivity contribution in [2.24, 2.45) is 0 Å². The first-order valence-electron chi connectivity index (χ1n) is 6.92. The van der Waals surface area contributed by atoms with Crippen molar-refractivity contribution in [1.29, 1.82) is 0 Å². The predicted octanol–water partition coefficient (Wildman–Crippen LogP) is 2.01. The van der Waals surface area contributed by atoms with Gasteiger partial charge in [0, 0.05) is 26.0 Å². The minimum absolute atomic E-state index is 0.0682. The van der Waals surface area contributed by atoms with Crippen LogP contribution in [0.5, 0.6) is 0 Å². The normalized spacial score (nSPS) is 11.6. The Morgan fingerprint density at radius 3 is 2.61 bits per heavy atom. The van der Waals surface area contributed by atoms with Gasteiger partial charge in [-0.15, -0.1) is 0 Å². The Labute approximate surface area is 131 Å². The smallest absolute Gasteiger partial charge is 0.372 e. The molecule has 2 aromatic heterocycles. The summed E-state index contributed by atoms with van der Waals surface area (Å²) in [6.07, 6.45) is -2.00. The molecule has 0 aromatic carbocycles. The van der Waals surface area contributed by atoms with E-state index in [1.165, 1.54) is 7.05 Å². The fraction of sp³-hybridized carbons (Fsp3) is 0.462. The molecule has 0 aliphatic heterocycles. The zero-order valence-corrected chi connectivity index (χ0v) is 13.0. The van der Waals surface area contributed by atoms with Crippen molar-refractivity contribution in [3.05, 3.63) is 23.7 Å². The molecule has 2 heterocycles. The van der Waals surface area contributed by atoms with Gasteiger partial charge < -0.3 is 16.0 Å². The van der Waals surface area contributed by atoms with Crippen molar-refractivity contribution in [1.82, 2.24) is 25.1 Å². The van der Waals surface area contributed by atoms with Crippen molar-refractivity contribution in [2.45, 2.75) is 19.6 Å². The van der Waals surface area contributed by atoms with Crippen LogP contribution in [0.4, 0.5) is 30.6 Å². The van der Waals surface area contributed by atoms with Gasteiger partial charge in [0.05, 0.1) is 17.9 Å². The third-order valence-corrected chi connectivity index (χ3v) is 3.11. The highest BCUT2D eigenvalue weighted by atomic mass is 19.4. The summed E-state index contributed by atoms with van der Waals surface area (Å²) < 4.78 is 40.2. The first-order chi connectivity index (χ1) is 10.8. The van der Waals surface area contributed by atoms with Crippen molar-refractivity contribution in [3.63, 3.8) is 0 Å². The molecule has 0 saturated heterocycles. The number of nitrogens with zero attached hydrogens (tertiary/aromatic N) is 4. The Morgan fingerprint density at radius 2 is 2.00 bits per heavy atom. The predicted molar refractivity (Wildman–Crippen MR) is 80.8 cm³/mol. The molecule has 0 amide bonds. The lowest BCUT2D eigenvalue weighted by Crippen LogP contribution is -2.15. The summed E-state index contributed by atoms with van der Waals surface area (Å²) in [7, 11) is 3.22. The molecular formula is C13H18F3N7. The maximum absolute atomic E-state index is 12.8. The van der Waals surface area contributed by atoms with Gasteiger partial charge in [0.1, 0.15) is 11.4 Å². The Balaban J connectivity index is 2.22. The zero-order valence-electron chi connectivity index (χ0n) is 13.0. The summed E-state index contributed by atoms with van der Waals surface area (Å²) in [5.41, 5.74) is 0.436. The van der Waals surface area contributed by atoms with Crippen molar-refractivity contribution in [2.75, 3.05) is 31.3 Å². The zero-order chi connectivity index (χ0) is 17.0. The highest BCUT2D eigenvalue weighted by Crippen LogP contribution is 2.33. The lowest BCUT2D eigenvalue weighted by molar-refractivity contribution is -0.137. The maximum Gasteiger partial charge on any atom is 0.421 e. The molecule has 2 rings (SSSR count). The van der Waals surface area contributed by atoms with Crippen LogP contribution < -0.4 is 16.0 Å². The highest BCUT2D eigenvalue weighted by Gasteiger charge is 2.35. The van der Waals surface area contributed by atoms with Gasteiger partial charge in [-0.25, -0.2) is 4.98 Å². The molecule has 0 radical (unpaired) electrons. The summed E-state index contributed by atoms with van der Waals surface area (Å²) in [6, 6.07) is 0. The number of nitrogens with one attached hydrogen (secondary N) is 3. The van der Waals surface area contributed by atoms with E-state index >= 15 is 0 Å². The minimum atomic E-state index is -4.51. The summed E-state index contributed by atoms with van der Waals surface area (Å²) in [5.74, 6) is -0.214. The molecule has 0 bridgehead atoms. The summed E-state index contributed by atoms with van der Waals surface area (Å²) in [5, 5.41) is 12.6. The number of rotatable bonds is 6. The number of likely N-dealkylation sites (N-methyl/N-ethyl adjacent to an activating group) is 1. The molecule has 0 fully saturated rings. The molecule has 10 heteroatoms. The van der Waals surface area contributed by atoms with Crippen LogP contribution >= 0.6 is 0 Å². The standard InChI is InChI=1S/C13H18F3N7/c1-8-10(7-23(22-8)5-4-17-2)20-12-19-6-9(13(14,15)16)11(18-3)21-12/h6-7,17H,4-5H2,1-3H3,(H2,18,19,20,21). The van der Waals surface area contributed by atoms with E-state index in [0.717, 1.165) is 12.7 Å². The van der Waals surface area contributed by atoms with Gasteiger partial charge in [0.2, 0.25) is 5.95 Å². The summed E-state index contributed by atoms with van der Waals surface area (Å²) in [4.78, 5) is 7.59. The van der Waals surface area contributed by atoms with Gasteiger partial charge in [0.25, 0.3) is 0 Å². The first kappa shape index (κ1) is 17.0. The van der Waals surface area contributed by atoms with Crippen LogP contribution in [0.25, 0.3) is 0 Å². The van der Waals surface area contributed by atoms with Crippen molar-refractivity contribution >= 4 is 17.5 Å². The quantitative estimate of drug-likeness (QED) is 0.752. The topological polar surface area (TPSA) is 79.7 Å². The number of aryl methyl sites for hydroxylation is 1. The van der Waals surface area contributed by atoms with E-state index in [4.69, 9.17) is 0 Å². The van der Waals surface area contributed by atoms with Crippen molar-refractivity contribution in [3.8, 4) is 0 Å². The minimum Gasteiger partial charge on any atom is -0.372 e. The van der Waals surface area contributed by atoms with Gasteiger partial charge in [-0.3, -0.25) is 4.68 Å². The number of alkyl halides is 3. The van der Waals surface area contributed by atoms with Crippen LogP contribution in [0.2, 0.25) is 0 Å². The Hall–Kier alpha value is -2.36. The maximum atomic E-state index is 12.8. The van der Waals surface area contributed by atoms with Gasteiger partial charge in [-0.1, -0.05) is 0 Å². The second-order valence-corrected chi connectivity index (χ2v) is 4.82. The lowest BCUT2D eigenvalue weighted by Gasteiger charge is -2.12. The fourth-order valence-corrected chi connectivity index (χ4v) is 1.94. The number of halogens is 3. The average Bonchev–Trinajstić information content (AvgIpc) is 2.84. The summed E-state index contributed by atoms with van der Waals surface area (Å²) in [6.45, 7) is 3.22. The second-order valence-electron chi connectivity index (χ2n) is 4.82. The van der Waals surface area contributed by atoms with Gasteiger partial charge in [-0.2, -0.15) is 23.3 Å². The lowest BCUT2D eigenvalue weighted by atomic mass is 10.3. The first-order valence-corrected chi connectivity index (χ1v) is 6.92. The molecule has 0 saturated carbocycles. The van der Waals surface area contributed by atoms with Crippen LogP contribution in [0, 0.1) is 6.92 Å². The van der Waals surface area contributed by atoms with Crippen molar-refractivity contribution < 1.29 is 13.2 Å². The van der Waals surface area contributed by atoms with Gasteiger partial charge >= 0.3 is 6.18 Å². The fourth-order valence-electron chi connectivity index (χ4n) is 1.94. The van der Waals surface area contributed by atoms with Crippen LogP contribution in [-0.4, -0.2) is 40.4 Å². The van der Waals surface area contributed by atoms with Gasteiger partial charge in [-0.05, 0) is 14.0 Å². The van der Waals surface area contributed by atoms with E-state index in [9.17, 15) is 13.2 Å². The number of hydrogen-bond acceptors (Lipinski definition) is 6. The van der Waals surface area contributed by atoms with E-state index in [2.05, 4.69) is 31.0 Å². The van der Waals surface area contributed by atoms with E-state index in [1.807, 2.05) is 7.05 Å². The number of aromatic nitrogens is 4. The van der Waals surface area contributed by atoms with Gasteiger partial charge in [0.15, 0.2) is 0 Å². The third kappa shape index (κ3) is 4.09. The highest BCUT2D eigenvalue weighted by molar-refractivity contribution is 5.57. The monoisotopic (exact) mass is 329 g/mol. The molecule has 0 atom stereocenters. The molecule has 7 nitrogen and oxygen atoms in total. The SMILES string of the molecule is CNCCn1cc(Nc2ncc(C(F)(F)F)c(NC)n2)c(C)n1. The largest absolute Gasteiger partial charge is 0.421 e. The molecule has 3 N–H and O–H groups in total. The Kier molecular flexibility index (Phi) is 5.04. The molecule has 0 spiro atoms. The molecule has 2 aromatic rings. The van der Waals surface area contributed by atoms with E-state index in [0.29, 0.717) is 17.9 Å². The molecule has 0 aliphatic rings. The van der Waals surface area contributed by atoms with Crippen LogP contribution in [0.15, 0.2) is 12.4 Å². The van der Waals surface area contributed by atoms with E-state index in [1.54, 1.807) is 17.8 Å². The molecular weight excluding hydrogens is 311 g/mol. The number of anilines is 3. The van der Waals surface area contributed by atoms with E-state index in [-0.39, 0.29) is 11.8 Å². The Morgan fingerprint density at radius 1 is 1.26 bits per heavy atom. The second kappa shape index (κ2) is 6.82. The molecule has 0 unspecified atom stereocenters. The molecule has 0 aliphatic carbocycles.